The van der Waals surface area contributed by atoms with Crippen LogP contribution in [0, 0.1) is 0 Å². The third kappa shape index (κ3) is 3.86. The molecule has 7 nitrogen and oxygen atoms in total. The number of amides is 1. The second-order valence-electron chi connectivity index (χ2n) is 9.15. The van der Waals surface area contributed by atoms with E-state index in [1.807, 2.05) is 11.9 Å². The number of likely N-dealkylation sites (tertiary alicyclic amines) is 1. The Labute approximate surface area is 189 Å². The Bertz CT molecular complexity index is 1140. The minimum Gasteiger partial charge on any atom is -0.373 e. The molecule has 0 spiro atoms. The molecule has 1 amide bonds. The van der Waals surface area contributed by atoms with Crippen LogP contribution in [0.15, 0.2) is 30.5 Å². The Morgan fingerprint density at radius 2 is 2.06 bits per heavy atom. The van der Waals surface area contributed by atoms with Gasteiger partial charge in [0.2, 0.25) is 5.91 Å². The van der Waals surface area contributed by atoms with Crippen molar-refractivity contribution in [3.63, 3.8) is 0 Å². The van der Waals surface area contributed by atoms with Gasteiger partial charge in [0.1, 0.15) is 11.6 Å². The number of benzene rings is 1. The standard InChI is InChI=1S/C25H32N6O/c1-17(32)31-12-10-22-21(16-31)25(26-2)28-24(27-22)18-7-6-11-30(14-18)15-19-13-29(3)23-9-5-4-8-20(19)23/h4-5,8-9,13,18H,6-7,10-12,14-16H2,1-3H3,(H,26,27,28)/t18-/m0/s1. The fourth-order valence-electron chi connectivity index (χ4n) is 5.29. The van der Waals surface area contributed by atoms with Crippen molar-refractivity contribution in [1.29, 1.82) is 0 Å². The average molecular weight is 433 g/mol. The smallest absolute Gasteiger partial charge is 0.219 e. The van der Waals surface area contributed by atoms with Crippen LogP contribution < -0.4 is 5.32 Å². The zero-order valence-electron chi connectivity index (χ0n) is 19.3. The normalized spacial score (nSPS) is 19.2. The summed E-state index contributed by atoms with van der Waals surface area (Å²) in [4.78, 5) is 26.2. The summed E-state index contributed by atoms with van der Waals surface area (Å²) in [5, 5.41) is 4.60. The number of nitrogens with zero attached hydrogens (tertiary/aromatic N) is 5. The Hall–Kier alpha value is -2.93. The van der Waals surface area contributed by atoms with Gasteiger partial charge in [0.15, 0.2) is 0 Å². The molecular formula is C25H32N6O. The zero-order valence-corrected chi connectivity index (χ0v) is 19.3. The van der Waals surface area contributed by atoms with E-state index in [2.05, 4.69) is 52.3 Å². The molecule has 7 heteroatoms. The largest absolute Gasteiger partial charge is 0.373 e. The van der Waals surface area contributed by atoms with E-state index in [1.165, 1.54) is 16.5 Å². The number of carbonyl (C=O) groups excluding carboxylic acids is 1. The molecule has 0 radical (unpaired) electrons. The second kappa shape index (κ2) is 8.54. The van der Waals surface area contributed by atoms with Crippen LogP contribution >= 0.6 is 0 Å². The van der Waals surface area contributed by atoms with Crippen molar-refractivity contribution in [2.45, 2.75) is 45.2 Å². The number of aromatic nitrogens is 3. The van der Waals surface area contributed by atoms with E-state index in [0.717, 1.165) is 68.3 Å². The topological polar surface area (TPSA) is 66.3 Å². The van der Waals surface area contributed by atoms with Crippen LogP contribution in [0.3, 0.4) is 0 Å². The van der Waals surface area contributed by atoms with Crippen LogP contribution in [0.25, 0.3) is 10.9 Å². The van der Waals surface area contributed by atoms with Crippen molar-refractivity contribution in [2.75, 3.05) is 32.0 Å². The Morgan fingerprint density at radius 3 is 2.88 bits per heavy atom. The highest BCUT2D eigenvalue weighted by atomic mass is 16.2. The van der Waals surface area contributed by atoms with E-state index in [9.17, 15) is 4.79 Å². The Morgan fingerprint density at radius 1 is 1.22 bits per heavy atom. The number of anilines is 1. The molecule has 1 fully saturated rings. The molecule has 2 aliphatic rings. The summed E-state index contributed by atoms with van der Waals surface area (Å²) < 4.78 is 2.22. The van der Waals surface area contributed by atoms with Crippen LogP contribution in [0.4, 0.5) is 5.82 Å². The first-order valence-electron chi connectivity index (χ1n) is 11.6. The van der Waals surface area contributed by atoms with Gasteiger partial charge in [-0.1, -0.05) is 18.2 Å². The van der Waals surface area contributed by atoms with Gasteiger partial charge in [-0.15, -0.1) is 0 Å². The molecule has 1 aromatic carbocycles. The molecule has 1 N–H and O–H groups in total. The van der Waals surface area contributed by atoms with Crippen molar-refractivity contribution in [3.8, 4) is 0 Å². The van der Waals surface area contributed by atoms with Gasteiger partial charge >= 0.3 is 0 Å². The summed E-state index contributed by atoms with van der Waals surface area (Å²) in [6.45, 7) is 6.00. The van der Waals surface area contributed by atoms with Gasteiger partial charge in [-0.25, -0.2) is 9.97 Å². The first kappa shape index (κ1) is 20.9. The quantitative estimate of drug-likeness (QED) is 0.685. The van der Waals surface area contributed by atoms with E-state index in [-0.39, 0.29) is 5.91 Å². The maximum atomic E-state index is 11.8. The summed E-state index contributed by atoms with van der Waals surface area (Å²) in [6.07, 6.45) is 5.34. The molecule has 32 heavy (non-hydrogen) atoms. The first-order chi connectivity index (χ1) is 15.5. The molecule has 0 bridgehead atoms. The fourth-order valence-corrected chi connectivity index (χ4v) is 5.29. The van der Waals surface area contributed by atoms with Gasteiger partial charge in [-0.05, 0) is 31.0 Å². The highest BCUT2D eigenvalue weighted by molar-refractivity contribution is 5.83. The molecule has 1 atom stereocenters. The number of nitrogens with one attached hydrogen (secondary N) is 1. The predicted octanol–water partition coefficient (Wildman–Crippen LogP) is 3.29. The number of fused-ring (bicyclic) bond motifs is 2. The van der Waals surface area contributed by atoms with E-state index < -0.39 is 0 Å². The number of piperidine rings is 1. The number of para-hydroxylation sites is 1. The number of aryl methyl sites for hydroxylation is 1. The predicted molar refractivity (Wildman–Crippen MR) is 127 cm³/mol. The number of rotatable bonds is 4. The van der Waals surface area contributed by atoms with Crippen molar-refractivity contribution >= 4 is 22.6 Å². The van der Waals surface area contributed by atoms with Crippen LogP contribution in [0.1, 0.15) is 48.3 Å². The molecule has 5 rings (SSSR count). The molecule has 0 saturated carbocycles. The first-order valence-corrected chi connectivity index (χ1v) is 11.6. The lowest BCUT2D eigenvalue weighted by atomic mass is 9.95. The highest BCUT2D eigenvalue weighted by Crippen LogP contribution is 2.31. The average Bonchev–Trinajstić information content (AvgIpc) is 3.13. The molecule has 2 aromatic heterocycles. The Kier molecular flexibility index (Phi) is 5.59. The summed E-state index contributed by atoms with van der Waals surface area (Å²) in [7, 11) is 4.03. The third-order valence-corrected chi connectivity index (χ3v) is 7.00. The zero-order chi connectivity index (χ0) is 22.2. The van der Waals surface area contributed by atoms with E-state index >= 15 is 0 Å². The van der Waals surface area contributed by atoms with Crippen molar-refractivity contribution in [1.82, 2.24) is 24.3 Å². The maximum Gasteiger partial charge on any atom is 0.219 e. The molecular weight excluding hydrogens is 400 g/mol. The molecule has 3 aromatic rings. The van der Waals surface area contributed by atoms with Gasteiger partial charge in [0, 0.05) is 75.7 Å². The van der Waals surface area contributed by atoms with Gasteiger partial charge in [0.05, 0.1) is 12.2 Å². The number of carbonyl (C=O) groups is 1. The monoisotopic (exact) mass is 432 g/mol. The summed E-state index contributed by atoms with van der Waals surface area (Å²) >= 11 is 0. The van der Waals surface area contributed by atoms with Crippen LogP contribution in [0.2, 0.25) is 0 Å². The van der Waals surface area contributed by atoms with Gasteiger partial charge in [-0.3, -0.25) is 9.69 Å². The van der Waals surface area contributed by atoms with Crippen LogP contribution in [-0.2, 0) is 31.4 Å². The summed E-state index contributed by atoms with van der Waals surface area (Å²) in [5.74, 6) is 2.27. The van der Waals surface area contributed by atoms with Crippen molar-refractivity contribution in [3.05, 3.63) is 53.1 Å². The lowest BCUT2D eigenvalue weighted by molar-refractivity contribution is -0.129. The molecule has 4 heterocycles. The lowest BCUT2D eigenvalue weighted by Crippen LogP contribution is -2.37. The molecule has 1 saturated heterocycles. The molecule has 0 unspecified atom stereocenters. The van der Waals surface area contributed by atoms with Crippen molar-refractivity contribution in [2.24, 2.45) is 7.05 Å². The van der Waals surface area contributed by atoms with Gasteiger partial charge in [0.25, 0.3) is 0 Å². The van der Waals surface area contributed by atoms with Gasteiger partial charge < -0.3 is 14.8 Å². The minimum absolute atomic E-state index is 0.109. The number of hydrogen-bond donors (Lipinski definition) is 1. The van der Waals surface area contributed by atoms with E-state index in [0.29, 0.717) is 12.5 Å². The van der Waals surface area contributed by atoms with E-state index in [4.69, 9.17) is 9.97 Å². The highest BCUT2D eigenvalue weighted by Gasteiger charge is 2.28. The molecule has 168 valence electrons. The number of hydrogen-bond acceptors (Lipinski definition) is 5. The lowest BCUT2D eigenvalue weighted by Gasteiger charge is -2.33. The summed E-state index contributed by atoms with van der Waals surface area (Å²) in [6, 6.07) is 8.64. The third-order valence-electron chi connectivity index (χ3n) is 7.00. The van der Waals surface area contributed by atoms with Gasteiger partial charge in [-0.2, -0.15) is 0 Å². The SMILES string of the molecule is CNc1nc([C@H]2CCCN(Cc3cn(C)c4ccccc34)C2)nc2c1CN(C(C)=O)CC2. The summed E-state index contributed by atoms with van der Waals surface area (Å²) in [5.41, 5.74) is 4.84. The minimum atomic E-state index is 0.109. The van der Waals surface area contributed by atoms with Crippen LogP contribution in [-0.4, -0.2) is 56.9 Å². The van der Waals surface area contributed by atoms with E-state index in [1.54, 1.807) is 6.92 Å². The van der Waals surface area contributed by atoms with Crippen LogP contribution in [0.5, 0.6) is 0 Å². The Balaban J connectivity index is 1.37. The molecule has 0 aliphatic carbocycles. The van der Waals surface area contributed by atoms with Crippen molar-refractivity contribution < 1.29 is 4.79 Å². The fraction of sp³-hybridized carbons (Fsp3) is 0.480. The maximum absolute atomic E-state index is 11.8. The molecule has 2 aliphatic heterocycles. The second-order valence-corrected chi connectivity index (χ2v) is 9.15.